The van der Waals surface area contributed by atoms with Crippen LogP contribution in [0.3, 0.4) is 0 Å². The van der Waals surface area contributed by atoms with Crippen molar-refractivity contribution in [1.82, 2.24) is 10.6 Å². The highest BCUT2D eigenvalue weighted by molar-refractivity contribution is 6.40. The Kier molecular flexibility index (Phi) is 6.83. The van der Waals surface area contributed by atoms with E-state index in [1.165, 1.54) is 6.26 Å². The topological polar surface area (TPSA) is 110 Å². The maximum Gasteiger partial charge on any atom is 0.313 e. The summed E-state index contributed by atoms with van der Waals surface area (Å²) < 4.78 is 10.4. The van der Waals surface area contributed by atoms with Crippen LogP contribution in [0.15, 0.2) is 71.3 Å². The second-order valence-corrected chi connectivity index (χ2v) is 6.26. The monoisotopic (exact) mass is 407 g/mol. The average molecular weight is 407 g/mol. The summed E-state index contributed by atoms with van der Waals surface area (Å²) in [4.78, 5) is 36.9. The fourth-order valence-corrected chi connectivity index (χ4v) is 2.75. The number of nitrogens with one attached hydrogen (secondary N) is 3. The van der Waals surface area contributed by atoms with E-state index >= 15 is 0 Å². The molecule has 0 atom stereocenters. The Bertz CT molecular complexity index is 1030. The second kappa shape index (κ2) is 9.92. The molecule has 0 unspecified atom stereocenters. The molecule has 0 aliphatic carbocycles. The summed E-state index contributed by atoms with van der Waals surface area (Å²) in [5.41, 5.74) is 1.28. The van der Waals surface area contributed by atoms with Gasteiger partial charge in [0.05, 0.1) is 31.2 Å². The zero-order chi connectivity index (χ0) is 21.3. The lowest BCUT2D eigenvalue weighted by molar-refractivity contribution is -0.136. The van der Waals surface area contributed by atoms with E-state index in [4.69, 9.17) is 9.15 Å². The number of anilines is 1. The molecule has 1 aromatic heterocycles. The molecule has 3 rings (SSSR count). The largest absolute Gasteiger partial charge is 0.496 e. The molecular formula is C22H21N3O5. The number of carbonyl (C=O) groups is 3. The van der Waals surface area contributed by atoms with Crippen molar-refractivity contribution in [3.8, 4) is 5.75 Å². The van der Waals surface area contributed by atoms with Gasteiger partial charge in [-0.25, -0.2) is 0 Å². The van der Waals surface area contributed by atoms with Gasteiger partial charge in [0.25, 0.3) is 5.91 Å². The van der Waals surface area contributed by atoms with Crippen molar-refractivity contribution in [3.05, 3.63) is 83.8 Å². The highest BCUT2D eigenvalue weighted by Gasteiger charge is 2.18. The molecule has 0 bridgehead atoms. The fourth-order valence-electron chi connectivity index (χ4n) is 2.75. The lowest BCUT2D eigenvalue weighted by Crippen LogP contribution is -2.35. The molecule has 8 heteroatoms. The van der Waals surface area contributed by atoms with Crippen LogP contribution in [-0.2, 0) is 22.7 Å². The zero-order valence-corrected chi connectivity index (χ0v) is 16.3. The number of benzene rings is 2. The van der Waals surface area contributed by atoms with Crippen molar-refractivity contribution in [2.45, 2.75) is 13.1 Å². The lowest BCUT2D eigenvalue weighted by Gasteiger charge is -2.12. The van der Waals surface area contributed by atoms with Gasteiger partial charge >= 0.3 is 11.8 Å². The Labute approximate surface area is 173 Å². The van der Waals surface area contributed by atoms with Crippen LogP contribution in [0.5, 0.6) is 5.75 Å². The molecule has 0 aliphatic heterocycles. The number of amides is 3. The maximum absolute atomic E-state index is 12.7. The Morgan fingerprint density at radius 3 is 2.40 bits per heavy atom. The van der Waals surface area contributed by atoms with E-state index in [0.717, 1.165) is 5.56 Å². The van der Waals surface area contributed by atoms with Crippen LogP contribution < -0.4 is 20.7 Å². The molecule has 2 aromatic carbocycles. The number of hydrogen-bond acceptors (Lipinski definition) is 5. The predicted molar refractivity (Wildman–Crippen MR) is 110 cm³/mol. The molecule has 0 spiro atoms. The molecule has 154 valence electrons. The summed E-state index contributed by atoms with van der Waals surface area (Å²) >= 11 is 0. The maximum atomic E-state index is 12.7. The van der Waals surface area contributed by atoms with Crippen molar-refractivity contribution >= 4 is 23.4 Å². The Hall–Kier alpha value is -4.07. The number of ether oxygens (including phenoxy) is 1. The number of para-hydroxylation sites is 2. The number of carbonyl (C=O) groups excluding carboxylic acids is 3. The van der Waals surface area contributed by atoms with Gasteiger partial charge in [-0.2, -0.15) is 0 Å². The molecule has 0 aliphatic rings. The third-order valence-electron chi connectivity index (χ3n) is 4.26. The van der Waals surface area contributed by atoms with Crippen molar-refractivity contribution in [2.24, 2.45) is 0 Å². The highest BCUT2D eigenvalue weighted by atomic mass is 16.5. The third kappa shape index (κ3) is 5.26. The van der Waals surface area contributed by atoms with Gasteiger partial charge in [0, 0.05) is 12.1 Å². The van der Waals surface area contributed by atoms with Gasteiger partial charge in [-0.3, -0.25) is 14.4 Å². The molecule has 0 radical (unpaired) electrons. The SMILES string of the molecule is COc1ccccc1CNC(=O)c1ccccc1NC(=O)C(=O)NCc1ccco1. The van der Waals surface area contributed by atoms with Gasteiger partial charge in [-0.05, 0) is 30.3 Å². The number of furan rings is 1. The highest BCUT2D eigenvalue weighted by Crippen LogP contribution is 2.18. The Morgan fingerprint density at radius 2 is 1.63 bits per heavy atom. The standard InChI is InChI=1S/C22H21N3O5/c1-29-19-11-5-2-7-15(19)13-23-20(26)17-9-3-4-10-18(17)25-22(28)21(27)24-14-16-8-6-12-30-16/h2-12H,13-14H2,1H3,(H,23,26)(H,24,27)(H,25,28). The first-order valence-electron chi connectivity index (χ1n) is 9.19. The molecule has 8 nitrogen and oxygen atoms in total. The van der Waals surface area contributed by atoms with Crippen molar-refractivity contribution in [1.29, 1.82) is 0 Å². The van der Waals surface area contributed by atoms with Gasteiger partial charge < -0.3 is 25.1 Å². The van der Waals surface area contributed by atoms with Gasteiger partial charge in [0.2, 0.25) is 0 Å². The third-order valence-corrected chi connectivity index (χ3v) is 4.26. The first kappa shape index (κ1) is 20.7. The van der Waals surface area contributed by atoms with E-state index < -0.39 is 17.7 Å². The first-order valence-corrected chi connectivity index (χ1v) is 9.19. The fraction of sp³-hybridized carbons (Fsp3) is 0.136. The zero-order valence-electron chi connectivity index (χ0n) is 16.3. The van der Waals surface area contributed by atoms with E-state index in [2.05, 4.69) is 16.0 Å². The summed E-state index contributed by atoms with van der Waals surface area (Å²) in [5, 5.41) is 7.72. The van der Waals surface area contributed by atoms with Crippen LogP contribution in [0, 0.1) is 0 Å². The minimum atomic E-state index is -0.883. The molecule has 0 saturated carbocycles. The van der Waals surface area contributed by atoms with E-state index in [-0.39, 0.29) is 24.3 Å². The van der Waals surface area contributed by atoms with Crippen LogP contribution in [-0.4, -0.2) is 24.8 Å². The predicted octanol–water partition coefficient (Wildman–Crippen LogP) is 2.47. The molecule has 3 N–H and O–H groups in total. The molecule has 3 amide bonds. The first-order chi connectivity index (χ1) is 14.6. The number of methoxy groups -OCH3 is 1. The van der Waals surface area contributed by atoms with Gasteiger partial charge in [0.15, 0.2) is 0 Å². The smallest absolute Gasteiger partial charge is 0.313 e. The van der Waals surface area contributed by atoms with Crippen LogP contribution >= 0.6 is 0 Å². The normalized spacial score (nSPS) is 10.2. The molecule has 1 heterocycles. The van der Waals surface area contributed by atoms with E-state index in [1.54, 1.807) is 49.6 Å². The second-order valence-electron chi connectivity index (χ2n) is 6.26. The molecule has 3 aromatic rings. The quantitative estimate of drug-likeness (QED) is 0.521. The minimum Gasteiger partial charge on any atom is -0.496 e. The van der Waals surface area contributed by atoms with Crippen LogP contribution in [0.25, 0.3) is 0 Å². The Morgan fingerprint density at radius 1 is 0.867 bits per heavy atom. The van der Waals surface area contributed by atoms with E-state index in [9.17, 15) is 14.4 Å². The summed E-state index contributed by atoms with van der Waals surface area (Å²) in [6.07, 6.45) is 1.47. The summed E-state index contributed by atoms with van der Waals surface area (Å²) in [7, 11) is 1.56. The molecule has 0 fully saturated rings. The summed E-state index contributed by atoms with van der Waals surface area (Å²) in [6, 6.07) is 17.1. The Balaban J connectivity index is 1.62. The van der Waals surface area contributed by atoms with Crippen LogP contribution in [0.1, 0.15) is 21.7 Å². The van der Waals surface area contributed by atoms with Crippen LogP contribution in [0.2, 0.25) is 0 Å². The lowest BCUT2D eigenvalue weighted by atomic mass is 10.1. The molecule has 0 saturated heterocycles. The van der Waals surface area contributed by atoms with E-state index in [0.29, 0.717) is 11.5 Å². The van der Waals surface area contributed by atoms with Crippen LogP contribution in [0.4, 0.5) is 5.69 Å². The van der Waals surface area contributed by atoms with Gasteiger partial charge in [0.1, 0.15) is 11.5 Å². The average Bonchev–Trinajstić information content (AvgIpc) is 3.30. The molecular weight excluding hydrogens is 386 g/mol. The number of hydrogen-bond donors (Lipinski definition) is 3. The minimum absolute atomic E-state index is 0.0836. The summed E-state index contributed by atoms with van der Waals surface area (Å²) in [5.74, 6) is -0.935. The van der Waals surface area contributed by atoms with Crippen molar-refractivity contribution in [3.63, 3.8) is 0 Å². The molecule has 30 heavy (non-hydrogen) atoms. The van der Waals surface area contributed by atoms with Gasteiger partial charge in [-0.1, -0.05) is 30.3 Å². The van der Waals surface area contributed by atoms with Crippen molar-refractivity contribution < 1.29 is 23.5 Å². The van der Waals surface area contributed by atoms with E-state index in [1.807, 2.05) is 18.2 Å². The van der Waals surface area contributed by atoms with Gasteiger partial charge in [-0.15, -0.1) is 0 Å². The van der Waals surface area contributed by atoms with Crippen molar-refractivity contribution in [2.75, 3.05) is 12.4 Å². The number of rotatable bonds is 7. The summed E-state index contributed by atoms with van der Waals surface area (Å²) in [6.45, 7) is 0.328.